The van der Waals surface area contributed by atoms with E-state index in [0.29, 0.717) is 0 Å². The summed E-state index contributed by atoms with van der Waals surface area (Å²) in [6, 6.07) is 6.41. The lowest BCUT2D eigenvalue weighted by atomic mass is 10.2. The molecule has 1 rings (SSSR count). The van der Waals surface area contributed by atoms with Gasteiger partial charge in [0.05, 0.1) is 12.0 Å². The van der Waals surface area contributed by atoms with Crippen LogP contribution < -0.4 is 5.32 Å². The van der Waals surface area contributed by atoms with Crippen LogP contribution in [-0.2, 0) is 13.1 Å². The van der Waals surface area contributed by atoms with Gasteiger partial charge in [0.1, 0.15) is 0 Å². The van der Waals surface area contributed by atoms with E-state index in [2.05, 4.69) is 41.2 Å². The summed E-state index contributed by atoms with van der Waals surface area (Å²) >= 11 is 0. The average Bonchev–Trinajstić information content (AvgIpc) is 2.66. The first-order valence-electron chi connectivity index (χ1n) is 5.52. The quantitative estimate of drug-likeness (QED) is 0.773. The Morgan fingerprint density at radius 2 is 2.40 bits per heavy atom. The molecular formula is C12H19N3. The van der Waals surface area contributed by atoms with Gasteiger partial charge in [-0.3, -0.25) is 0 Å². The number of rotatable bonds is 6. The maximum absolute atomic E-state index is 8.64. The van der Waals surface area contributed by atoms with Gasteiger partial charge in [0.25, 0.3) is 0 Å². The second-order valence-corrected chi connectivity index (χ2v) is 3.85. The maximum atomic E-state index is 8.64. The molecule has 15 heavy (non-hydrogen) atoms. The third kappa shape index (κ3) is 3.77. The largest absolute Gasteiger partial charge is 0.350 e. The van der Waals surface area contributed by atoms with Crippen LogP contribution >= 0.6 is 0 Å². The van der Waals surface area contributed by atoms with Gasteiger partial charge < -0.3 is 9.88 Å². The Morgan fingerprint density at radius 3 is 3.07 bits per heavy atom. The summed E-state index contributed by atoms with van der Waals surface area (Å²) in [7, 11) is 0. The smallest absolute Gasteiger partial charge is 0.0666 e. The fourth-order valence-electron chi connectivity index (χ4n) is 1.53. The highest BCUT2D eigenvalue weighted by Crippen LogP contribution is 2.03. The molecule has 3 heteroatoms. The highest BCUT2D eigenvalue weighted by molar-refractivity contribution is 5.06. The Hall–Kier alpha value is -1.27. The van der Waals surface area contributed by atoms with Crippen molar-refractivity contribution in [1.29, 1.82) is 5.26 Å². The normalized spacial score (nSPS) is 12.3. The molecule has 1 aromatic rings. The molecule has 0 aromatic carbocycles. The van der Waals surface area contributed by atoms with Gasteiger partial charge >= 0.3 is 0 Å². The summed E-state index contributed by atoms with van der Waals surface area (Å²) < 4.78 is 2.25. The molecule has 1 aromatic heterocycles. The van der Waals surface area contributed by atoms with E-state index in [0.717, 1.165) is 26.1 Å². The van der Waals surface area contributed by atoms with Crippen LogP contribution in [0.25, 0.3) is 0 Å². The number of aryl methyl sites for hydroxylation is 1. The third-order valence-corrected chi connectivity index (χ3v) is 2.37. The van der Waals surface area contributed by atoms with Crippen molar-refractivity contribution in [3.63, 3.8) is 0 Å². The van der Waals surface area contributed by atoms with E-state index >= 15 is 0 Å². The molecule has 0 aliphatic rings. The molecule has 1 heterocycles. The summed E-state index contributed by atoms with van der Waals surface area (Å²) in [5.74, 6) is 0.0830. The Balaban J connectivity index is 2.37. The molecule has 1 atom stereocenters. The summed E-state index contributed by atoms with van der Waals surface area (Å²) in [4.78, 5) is 0. The maximum Gasteiger partial charge on any atom is 0.0666 e. The molecule has 0 radical (unpaired) electrons. The fourth-order valence-corrected chi connectivity index (χ4v) is 1.53. The van der Waals surface area contributed by atoms with Crippen molar-refractivity contribution in [2.75, 3.05) is 6.54 Å². The highest BCUT2D eigenvalue weighted by Gasteiger charge is 2.01. The highest BCUT2D eigenvalue weighted by atomic mass is 15.0. The topological polar surface area (TPSA) is 40.8 Å². The monoisotopic (exact) mass is 205 g/mol. The molecule has 0 bridgehead atoms. The van der Waals surface area contributed by atoms with E-state index in [1.165, 1.54) is 5.69 Å². The van der Waals surface area contributed by atoms with Crippen molar-refractivity contribution in [2.24, 2.45) is 5.92 Å². The van der Waals surface area contributed by atoms with Gasteiger partial charge in [-0.15, -0.1) is 0 Å². The summed E-state index contributed by atoms with van der Waals surface area (Å²) in [6.07, 6.45) is 3.25. The van der Waals surface area contributed by atoms with Gasteiger partial charge in [0.15, 0.2) is 0 Å². The Morgan fingerprint density at radius 1 is 1.60 bits per heavy atom. The zero-order chi connectivity index (χ0) is 11.1. The number of hydrogen-bond acceptors (Lipinski definition) is 2. The summed E-state index contributed by atoms with van der Waals surface area (Å²) in [5, 5.41) is 11.9. The lowest BCUT2D eigenvalue weighted by Crippen LogP contribution is -2.21. The molecule has 3 nitrogen and oxygen atoms in total. The van der Waals surface area contributed by atoms with E-state index in [-0.39, 0.29) is 5.92 Å². The van der Waals surface area contributed by atoms with E-state index in [4.69, 9.17) is 5.26 Å². The van der Waals surface area contributed by atoms with Gasteiger partial charge in [-0.05, 0) is 25.5 Å². The minimum Gasteiger partial charge on any atom is -0.350 e. The van der Waals surface area contributed by atoms with Gasteiger partial charge in [0, 0.05) is 31.5 Å². The number of nitriles is 1. The van der Waals surface area contributed by atoms with Crippen LogP contribution in [0.1, 0.15) is 26.0 Å². The minimum atomic E-state index is 0.0830. The fraction of sp³-hybridized carbons (Fsp3) is 0.583. The van der Waals surface area contributed by atoms with E-state index in [1.807, 2.05) is 6.92 Å². The molecule has 0 fully saturated rings. The molecule has 0 aliphatic carbocycles. The molecule has 0 saturated heterocycles. The van der Waals surface area contributed by atoms with Crippen LogP contribution in [0.15, 0.2) is 18.3 Å². The van der Waals surface area contributed by atoms with Gasteiger partial charge in [-0.1, -0.05) is 6.92 Å². The second kappa shape index (κ2) is 6.26. The lowest BCUT2D eigenvalue weighted by Gasteiger charge is -2.09. The van der Waals surface area contributed by atoms with Crippen molar-refractivity contribution < 1.29 is 0 Å². The van der Waals surface area contributed by atoms with Crippen LogP contribution in [0.3, 0.4) is 0 Å². The second-order valence-electron chi connectivity index (χ2n) is 3.85. The first-order valence-corrected chi connectivity index (χ1v) is 5.52. The molecule has 0 amide bonds. The van der Waals surface area contributed by atoms with Crippen molar-refractivity contribution in [1.82, 2.24) is 9.88 Å². The Labute approximate surface area is 91.7 Å². The van der Waals surface area contributed by atoms with Crippen LogP contribution in [0.4, 0.5) is 0 Å². The zero-order valence-corrected chi connectivity index (χ0v) is 9.53. The molecule has 0 saturated carbocycles. The van der Waals surface area contributed by atoms with E-state index in [9.17, 15) is 0 Å². The predicted molar refractivity (Wildman–Crippen MR) is 61.2 cm³/mol. The van der Waals surface area contributed by atoms with E-state index < -0.39 is 0 Å². The van der Waals surface area contributed by atoms with Gasteiger partial charge in [-0.25, -0.2) is 0 Å². The van der Waals surface area contributed by atoms with Gasteiger partial charge in [-0.2, -0.15) is 5.26 Å². The van der Waals surface area contributed by atoms with Crippen LogP contribution in [-0.4, -0.2) is 11.1 Å². The molecule has 1 unspecified atom stereocenters. The van der Waals surface area contributed by atoms with E-state index in [1.54, 1.807) is 0 Å². The zero-order valence-electron chi connectivity index (χ0n) is 9.53. The number of nitrogens with one attached hydrogen (secondary N) is 1. The molecule has 82 valence electrons. The molecule has 0 aliphatic heterocycles. The first-order chi connectivity index (χ1) is 7.27. The summed E-state index contributed by atoms with van der Waals surface area (Å²) in [6.45, 7) is 6.78. The molecule has 0 spiro atoms. The van der Waals surface area contributed by atoms with Crippen molar-refractivity contribution in [3.8, 4) is 6.07 Å². The van der Waals surface area contributed by atoms with Crippen LogP contribution in [0.2, 0.25) is 0 Å². The Kier molecular flexibility index (Phi) is 4.92. The number of aromatic nitrogens is 1. The average molecular weight is 205 g/mol. The first kappa shape index (κ1) is 11.8. The standard InChI is InChI=1S/C12H19N3/c1-3-6-15-7-4-5-12(15)10-14-9-11(2)8-13/h4-5,7,11,14H,3,6,9-10H2,1-2H3. The third-order valence-electron chi connectivity index (χ3n) is 2.37. The molecule has 1 N–H and O–H groups in total. The predicted octanol–water partition coefficient (Wildman–Crippen LogP) is 2.15. The van der Waals surface area contributed by atoms with Crippen molar-refractivity contribution in [3.05, 3.63) is 24.0 Å². The molecular weight excluding hydrogens is 186 g/mol. The lowest BCUT2D eigenvalue weighted by molar-refractivity contribution is 0.566. The van der Waals surface area contributed by atoms with Gasteiger partial charge in [0.2, 0.25) is 0 Å². The minimum absolute atomic E-state index is 0.0830. The summed E-state index contributed by atoms with van der Waals surface area (Å²) in [5.41, 5.74) is 1.29. The SMILES string of the molecule is CCCn1cccc1CNCC(C)C#N. The van der Waals surface area contributed by atoms with Crippen LogP contribution in [0.5, 0.6) is 0 Å². The van der Waals surface area contributed by atoms with Crippen molar-refractivity contribution in [2.45, 2.75) is 33.4 Å². The Bertz CT molecular complexity index is 322. The number of nitrogens with zero attached hydrogens (tertiary/aromatic N) is 2. The van der Waals surface area contributed by atoms with Crippen LogP contribution in [0, 0.1) is 17.2 Å². The van der Waals surface area contributed by atoms with Crippen molar-refractivity contribution >= 4 is 0 Å². The number of hydrogen-bond donors (Lipinski definition) is 1.